The lowest BCUT2D eigenvalue weighted by atomic mass is 9.90. The summed E-state index contributed by atoms with van der Waals surface area (Å²) in [5, 5.41) is 14.1. The summed E-state index contributed by atoms with van der Waals surface area (Å²) in [5.41, 5.74) is 6.82. The van der Waals surface area contributed by atoms with Gasteiger partial charge in [0.1, 0.15) is 5.75 Å². The molecule has 6 aromatic carbocycles. The zero-order valence-corrected chi connectivity index (χ0v) is 19.2. The van der Waals surface area contributed by atoms with Crippen LogP contribution in [0.3, 0.4) is 0 Å². The maximum Gasteiger partial charge on any atom is 0.186 e. The largest absolute Gasteiger partial charge is 0.467 e. The monoisotopic (exact) mass is 452 g/mol. The van der Waals surface area contributed by atoms with Crippen molar-refractivity contribution in [3.8, 4) is 39.1 Å². The van der Waals surface area contributed by atoms with Gasteiger partial charge in [0.25, 0.3) is 0 Å². The molecule has 0 saturated heterocycles. The summed E-state index contributed by atoms with van der Waals surface area (Å²) < 4.78 is 5.71. The minimum absolute atomic E-state index is 0.372. The lowest BCUT2D eigenvalue weighted by Crippen LogP contribution is -1.98. The highest BCUT2D eigenvalue weighted by atomic mass is 16.6. The number of benzene rings is 6. The summed E-state index contributed by atoms with van der Waals surface area (Å²) in [6.45, 7) is -0.372. The quantitative estimate of drug-likeness (QED) is 0.266. The molecule has 0 unspecified atom stereocenters. The molecular weight excluding hydrogens is 428 g/mol. The molecule has 35 heavy (non-hydrogen) atoms. The first-order valence-electron chi connectivity index (χ1n) is 11.8. The van der Waals surface area contributed by atoms with Gasteiger partial charge in [-0.25, -0.2) is 0 Å². The minimum Gasteiger partial charge on any atom is -0.467 e. The topological polar surface area (TPSA) is 29.5 Å². The van der Waals surface area contributed by atoms with Gasteiger partial charge in [-0.2, -0.15) is 0 Å². The normalized spacial score (nSPS) is 11.1. The molecule has 6 aromatic rings. The average Bonchev–Trinajstić information content (AvgIpc) is 2.93. The van der Waals surface area contributed by atoms with Crippen LogP contribution in [-0.4, -0.2) is 11.9 Å². The third kappa shape index (κ3) is 3.95. The molecule has 6 rings (SSSR count). The summed E-state index contributed by atoms with van der Waals surface area (Å²) >= 11 is 0. The van der Waals surface area contributed by atoms with Gasteiger partial charge in [-0.3, -0.25) is 0 Å². The van der Waals surface area contributed by atoms with Crippen molar-refractivity contribution in [2.75, 3.05) is 6.79 Å². The lowest BCUT2D eigenvalue weighted by molar-refractivity contribution is 0.0992. The van der Waals surface area contributed by atoms with Crippen molar-refractivity contribution in [2.45, 2.75) is 0 Å². The van der Waals surface area contributed by atoms with Crippen LogP contribution in [0.15, 0.2) is 127 Å². The number of rotatable bonds is 5. The van der Waals surface area contributed by atoms with Gasteiger partial charge in [0.05, 0.1) is 0 Å². The van der Waals surface area contributed by atoms with E-state index in [1.165, 1.54) is 22.3 Å². The number of hydrogen-bond donors (Lipinski definition) is 1. The van der Waals surface area contributed by atoms with Crippen LogP contribution in [0.4, 0.5) is 0 Å². The molecule has 0 spiro atoms. The molecule has 0 aromatic heterocycles. The highest BCUT2D eigenvalue weighted by molar-refractivity contribution is 6.09. The van der Waals surface area contributed by atoms with E-state index in [9.17, 15) is 5.11 Å². The van der Waals surface area contributed by atoms with Gasteiger partial charge >= 0.3 is 0 Å². The van der Waals surface area contributed by atoms with Crippen LogP contribution < -0.4 is 4.74 Å². The van der Waals surface area contributed by atoms with Crippen LogP contribution in [0.1, 0.15) is 0 Å². The van der Waals surface area contributed by atoms with Gasteiger partial charge in [-0.15, -0.1) is 0 Å². The summed E-state index contributed by atoms with van der Waals surface area (Å²) in [7, 11) is 0. The van der Waals surface area contributed by atoms with E-state index >= 15 is 0 Å². The Kier molecular flexibility index (Phi) is 5.50. The van der Waals surface area contributed by atoms with Crippen molar-refractivity contribution in [1.82, 2.24) is 0 Å². The number of fused-ring (bicyclic) bond motifs is 2. The van der Waals surface area contributed by atoms with Crippen LogP contribution in [0.5, 0.6) is 5.75 Å². The molecule has 2 heteroatoms. The SMILES string of the molecule is OCOc1ccc2cc(-c3ccccc3)ccc2c1-c1cccc2cc(-c3ccccc3)ccc12. The predicted molar refractivity (Wildman–Crippen MR) is 145 cm³/mol. The van der Waals surface area contributed by atoms with E-state index < -0.39 is 0 Å². The molecule has 1 N–H and O–H groups in total. The molecule has 0 radical (unpaired) electrons. The van der Waals surface area contributed by atoms with Crippen LogP contribution in [0, 0.1) is 0 Å². The molecule has 0 atom stereocenters. The first-order chi connectivity index (χ1) is 17.3. The van der Waals surface area contributed by atoms with E-state index in [0.29, 0.717) is 5.75 Å². The van der Waals surface area contributed by atoms with Crippen molar-refractivity contribution in [2.24, 2.45) is 0 Å². The number of hydrogen-bond acceptors (Lipinski definition) is 2. The van der Waals surface area contributed by atoms with Crippen LogP contribution in [-0.2, 0) is 0 Å². The Morgan fingerprint density at radius 2 is 1.09 bits per heavy atom. The maximum atomic E-state index is 9.61. The number of ether oxygens (including phenoxy) is 1. The Morgan fingerprint density at radius 1 is 0.486 bits per heavy atom. The molecule has 0 saturated carbocycles. The van der Waals surface area contributed by atoms with Crippen LogP contribution >= 0.6 is 0 Å². The fourth-order valence-electron chi connectivity index (χ4n) is 4.90. The van der Waals surface area contributed by atoms with Gasteiger partial charge in [-0.1, -0.05) is 109 Å². The van der Waals surface area contributed by atoms with Crippen molar-refractivity contribution in [3.05, 3.63) is 127 Å². The molecule has 2 nitrogen and oxygen atoms in total. The average molecular weight is 453 g/mol. The molecule has 0 heterocycles. The third-order valence-electron chi connectivity index (χ3n) is 6.57. The molecule has 0 fully saturated rings. The maximum absolute atomic E-state index is 9.61. The van der Waals surface area contributed by atoms with Gasteiger partial charge in [-0.05, 0) is 67.6 Å². The van der Waals surface area contributed by atoms with Gasteiger partial charge in [0.2, 0.25) is 0 Å². The van der Waals surface area contributed by atoms with Crippen LogP contribution in [0.2, 0.25) is 0 Å². The molecular formula is C33H24O2. The molecule has 0 aliphatic heterocycles. The van der Waals surface area contributed by atoms with Gasteiger partial charge in [0.15, 0.2) is 6.79 Å². The number of aliphatic hydroxyl groups excluding tert-OH is 1. The van der Waals surface area contributed by atoms with E-state index in [-0.39, 0.29) is 6.79 Å². The molecule has 0 bridgehead atoms. The van der Waals surface area contributed by atoms with E-state index in [1.807, 2.05) is 18.2 Å². The zero-order chi connectivity index (χ0) is 23.6. The fourth-order valence-corrected chi connectivity index (χ4v) is 4.90. The van der Waals surface area contributed by atoms with Gasteiger partial charge < -0.3 is 9.84 Å². The van der Waals surface area contributed by atoms with Gasteiger partial charge in [0, 0.05) is 5.56 Å². The van der Waals surface area contributed by atoms with Crippen molar-refractivity contribution < 1.29 is 9.84 Å². The molecule has 168 valence electrons. The summed E-state index contributed by atoms with van der Waals surface area (Å²) in [5.74, 6) is 0.673. The van der Waals surface area contributed by atoms with E-state index in [2.05, 4.69) is 109 Å². The third-order valence-corrected chi connectivity index (χ3v) is 6.57. The Balaban J connectivity index is 1.56. The second-order valence-corrected chi connectivity index (χ2v) is 8.62. The first kappa shape index (κ1) is 21.2. The van der Waals surface area contributed by atoms with E-state index in [0.717, 1.165) is 32.7 Å². The van der Waals surface area contributed by atoms with E-state index in [1.54, 1.807) is 0 Å². The highest BCUT2D eigenvalue weighted by Crippen LogP contribution is 2.42. The lowest BCUT2D eigenvalue weighted by Gasteiger charge is -2.16. The van der Waals surface area contributed by atoms with Crippen molar-refractivity contribution in [1.29, 1.82) is 0 Å². The Hall–Kier alpha value is -4.40. The second kappa shape index (κ2) is 9.09. The minimum atomic E-state index is -0.372. The molecule has 0 aliphatic carbocycles. The second-order valence-electron chi connectivity index (χ2n) is 8.62. The summed E-state index contributed by atoms with van der Waals surface area (Å²) in [6, 6.07) is 44.4. The first-order valence-corrected chi connectivity index (χ1v) is 11.8. The fraction of sp³-hybridized carbons (Fsp3) is 0.0303. The predicted octanol–water partition coefficient (Wildman–Crippen LogP) is 8.32. The van der Waals surface area contributed by atoms with Crippen LogP contribution in [0.25, 0.3) is 54.9 Å². The number of aliphatic hydroxyl groups is 1. The summed E-state index contributed by atoms with van der Waals surface area (Å²) in [4.78, 5) is 0. The van der Waals surface area contributed by atoms with Crippen molar-refractivity contribution in [3.63, 3.8) is 0 Å². The van der Waals surface area contributed by atoms with E-state index in [4.69, 9.17) is 4.74 Å². The zero-order valence-electron chi connectivity index (χ0n) is 19.2. The Morgan fingerprint density at radius 3 is 1.71 bits per heavy atom. The smallest absolute Gasteiger partial charge is 0.186 e. The Labute approximate surface area is 204 Å². The standard InChI is InChI=1S/C33H24O2/c34-22-35-32-19-16-28-21-26(24-10-5-2-6-11-24)15-18-30(28)33(32)31-13-7-12-27-20-25(14-17-29(27)31)23-8-3-1-4-9-23/h1-21,34H,22H2. The Bertz CT molecular complexity index is 1640. The molecule has 0 aliphatic rings. The summed E-state index contributed by atoms with van der Waals surface area (Å²) in [6.07, 6.45) is 0. The highest BCUT2D eigenvalue weighted by Gasteiger charge is 2.15. The van der Waals surface area contributed by atoms with Crippen molar-refractivity contribution >= 4 is 21.5 Å². The molecule has 0 amide bonds.